The third-order valence-corrected chi connectivity index (χ3v) is 5.38. The van der Waals surface area contributed by atoms with Crippen molar-refractivity contribution in [3.05, 3.63) is 34.3 Å². The summed E-state index contributed by atoms with van der Waals surface area (Å²) >= 11 is 1.32. The van der Waals surface area contributed by atoms with Gasteiger partial charge in [0.05, 0.1) is 17.7 Å². The van der Waals surface area contributed by atoms with Gasteiger partial charge in [0, 0.05) is 4.88 Å². The zero-order valence-electron chi connectivity index (χ0n) is 11.7. The molecule has 5 nitrogen and oxygen atoms in total. The topological polar surface area (TPSA) is 68.3 Å². The van der Waals surface area contributed by atoms with Crippen LogP contribution in [0.2, 0.25) is 0 Å². The van der Waals surface area contributed by atoms with Crippen LogP contribution in [0, 0.1) is 20.8 Å². The maximum Gasteiger partial charge on any atom is 0.263 e. The lowest BCUT2D eigenvalue weighted by Crippen LogP contribution is -2.13. The molecular weight excluding hydrogens is 296 g/mol. The summed E-state index contributed by atoms with van der Waals surface area (Å²) in [6.45, 7) is 5.55. The van der Waals surface area contributed by atoms with Crippen LogP contribution in [0.4, 0.5) is 5.13 Å². The van der Waals surface area contributed by atoms with E-state index in [4.69, 9.17) is 4.74 Å². The molecule has 20 heavy (non-hydrogen) atoms. The summed E-state index contributed by atoms with van der Waals surface area (Å²) in [7, 11) is -2.07. The maximum atomic E-state index is 12.3. The fraction of sp³-hybridized carbons (Fsp3) is 0.308. The van der Waals surface area contributed by atoms with Crippen LogP contribution in [0.5, 0.6) is 5.75 Å². The van der Waals surface area contributed by atoms with Gasteiger partial charge in [-0.3, -0.25) is 4.72 Å². The maximum absolute atomic E-state index is 12.3. The van der Waals surface area contributed by atoms with Gasteiger partial charge in [0.1, 0.15) is 5.75 Å². The third kappa shape index (κ3) is 2.94. The molecule has 0 aliphatic rings. The number of sulfonamides is 1. The van der Waals surface area contributed by atoms with Gasteiger partial charge in [-0.1, -0.05) is 0 Å². The Kier molecular flexibility index (Phi) is 4.01. The number of methoxy groups -OCH3 is 1. The molecule has 0 spiro atoms. The summed E-state index contributed by atoms with van der Waals surface area (Å²) < 4.78 is 32.2. The van der Waals surface area contributed by atoms with E-state index in [1.807, 2.05) is 13.8 Å². The molecule has 108 valence electrons. The largest absolute Gasteiger partial charge is 0.496 e. The molecular formula is C13H16N2O3S2. The number of ether oxygens (including phenoxy) is 1. The molecule has 2 aromatic rings. The van der Waals surface area contributed by atoms with Gasteiger partial charge in [-0.15, -0.1) is 11.3 Å². The molecule has 0 aliphatic heterocycles. The van der Waals surface area contributed by atoms with Gasteiger partial charge in [-0.25, -0.2) is 13.4 Å². The number of anilines is 1. The van der Waals surface area contributed by atoms with E-state index < -0.39 is 10.0 Å². The second-order valence-electron chi connectivity index (χ2n) is 4.40. The van der Waals surface area contributed by atoms with Crippen molar-refractivity contribution in [3.8, 4) is 5.75 Å². The molecule has 0 unspecified atom stereocenters. The van der Waals surface area contributed by atoms with E-state index in [2.05, 4.69) is 9.71 Å². The number of nitrogens with one attached hydrogen (secondary N) is 1. The molecule has 0 bridgehead atoms. The van der Waals surface area contributed by atoms with Gasteiger partial charge < -0.3 is 4.74 Å². The predicted molar refractivity (Wildman–Crippen MR) is 80.1 cm³/mol. The molecule has 0 saturated carbocycles. The summed E-state index contributed by atoms with van der Waals surface area (Å²) in [4.78, 5) is 5.37. The first-order valence-electron chi connectivity index (χ1n) is 5.95. The van der Waals surface area contributed by atoms with Crippen molar-refractivity contribution in [1.82, 2.24) is 4.98 Å². The van der Waals surface area contributed by atoms with E-state index in [-0.39, 0.29) is 4.90 Å². The van der Waals surface area contributed by atoms with Crippen LogP contribution >= 0.6 is 11.3 Å². The summed E-state index contributed by atoms with van der Waals surface area (Å²) in [6.07, 6.45) is 0. The molecule has 1 N–H and O–H groups in total. The average molecular weight is 312 g/mol. The lowest BCUT2D eigenvalue weighted by atomic mass is 10.2. The lowest BCUT2D eigenvalue weighted by Gasteiger charge is -2.08. The number of rotatable bonds is 4. The Morgan fingerprint density at radius 3 is 2.45 bits per heavy atom. The number of nitrogens with zero attached hydrogens (tertiary/aromatic N) is 1. The molecule has 1 aromatic carbocycles. The standard InChI is InChI=1S/C13H16N2O3S2/c1-8-7-11(5-6-12(8)18-4)20(16,17)15-13-14-9(2)10(3)19-13/h5-7H,1-4H3,(H,14,15). The Labute approximate surface area is 122 Å². The van der Waals surface area contributed by atoms with Gasteiger partial charge in [-0.05, 0) is 44.5 Å². The van der Waals surface area contributed by atoms with Crippen LogP contribution in [-0.2, 0) is 10.0 Å². The van der Waals surface area contributed by atoms with E-state index in [0.29, 0.717) is 10.9 Å². The molecule has 0 atom stereocenters. The zero-order valence-corrected chi connectivity index (χ0v) is 13.4. The normalized spacial score (nSPS) is 11.4. The molecule has 0 saturated heterocycles. The Morgan fingerprint density at radius 1 is 1.25 bits per heavy atom. The quantitative estimate of drug-likeness (QED) is 0.942. The van der Waals surface area contributed by atoms with Crippen molar-refractivity contribution in [2.45, 2.75) is 25.7 Å². The first-order chi connectivity index (χ1) is 9.33. The number of hydrogen-bond donors (Lipinski definition) is 1. The monoisotopic (exact) mass is 312 g/mol. The van der Waals surface area contributed by atoms with Gasteiger partial charge in [-0.2, -0.15) is 0 Å². The third-order valence-electron chi connectivity index (χ3n) is 2.93. The minimum atomic E-state index is -3.62. The van der Waals surface area contributed by atoms with Crippen molar-refractivity contribution in [2.24, 2.45) is 0 Å². The van der Waals surface area contributed by atoms with Crippen LogP contribution in [-0.4, -0.2) is 20.5 Å². The van der Waals surface area contributed by atoms with Crippen molar-refractivity contribution in [3.63, 3.8) is 0 Å². The minimum Gasteiger partial charge on any atom is -0.496 e. The van der Waals surface area contributed by atoms with Gasteiger partial charge in [0.15, 0.2) is 5.13 Å². The van der Waals surface area contributed by atoms with E-state index in [0.717, 1.165) is 16.1 Å². The Hall–Kier alpha value is -1.60. The van der Waals surface area contributed by atoms with Gasteiger partial charge >= 0.3 is 0 Å². The number of aryl methyl sites for hydroxylation is 3. The minimum absolute atomic E-state index is 0.196. The van der Waals surface area contributed by atoms with Gasteiger partial charge in [0.2, 0.25) is 0 Å². The summed E-state index contributed by atoms with van der Waals surface area (Å²) in [6, 6.07) is 4.73. The van der Waals surface area contributed by atoms with E-state index in [1.165, 1.54) is 17.4 Å². The van der Waals surface area contributed by atoms with Crippen molar-refractivity contribution < 1.29 is 13.2 Å². The second kappa shape index (κ2) is 5.41. The number of benzene rings is 1. The number of aromatic nitrogens is 1. The average Bonchev–Trinajstić information content (AvgIpc) is 2.67. The molecule has 0 radical (unpaired) electrons. The van der Waals surface area contributed by atoms with Crippen molar-refractivity contribution in [2.75, 3.05) is 11.8 Å². The van der Waals surface area contributed by atoms with Crippen LogP contribution < -0.4 is 9.46 Å². The summed E-state index contributed by atoms with van der Waals surface area (Å²) in [5, 5.41) is 0.383. The van der Waals surface area contributed by atoms with E-state index in [9.17, 15) is 8.42 Å². The highest BCUT2D eigenvalue weighted by Gasteiger charge is 2.17. The molecule has 0 amide bonds. The van der Waals surface area contributed by atoms with E-state index >= 15 is 0 Å². The molecule has 1 aromatic heterocycles. The predicted octanol–water partition coefficient (Wildman–Crippen LogP) is 2.88. The highest BCUT2D eigenvalue weighted by molar-refractivity contribution is 7.93. The number of hydrogen-bond acceptors (Lipinski definition) is 5. The highest BCUT2D eigenvalue weighted by Crippen LogP contribution is 2.26. The molecule has 2 rings (SSSR count). The van der Waals surface area contributed by atoms with Crippen molar-refractivity contribution in [1.29, 1.82) is 0 Å². The summed E-state index contributed by atoms with van der Waals surface area (Å²) in [5.41, 5.74) is 1.60. The Morgan fingerprint density at radius 2 is 1.95 bits per heavy atom. The van der Waals surface area contributed by atoms with Crippen LogP contribution in [0.3, 0.4) is 0 Å². The van der Waals surface area contributed by atoms with Crippen LogP contribution in [0.15, 0.2) is 23.1 Å². The Balaban J connectivity index is 2.33. The highest BCUT2D eigenvalue weighted by atomic mass is 32.2. The molecule has 0 fully saturated rings. The first-order valence-corrected chi connectivity index (χ1v) is 8.25. The summed E-state index contributed by atoms with van der Waals surface area (Å²) in [5.74, 6) is 0.657. The van der Waals surface area contributed by atoms with Crippen LogP contribution in [0.1, 0.15) is 16.1 Å². The molecule has 7 heteroatoms. The smallest absolute Gasteiger partial charge is 0.263 e. The SMILES string of the molecule is COc1ccc(S(=O)(=O)Nc2nc(C)c(C)s2)cc1C. The fourth-order valence-electron chi connectivity index (χ4n) is 1.71. The van der Waals surface area contributed by atoms with Crippen LogP contribution in [0.25, 0.3) is 0 Å². The zero-order chi connectivity index (χ0) is 14.9. The van der Waals surface area contributed by atoms with Crippen molar-refractivity contribution >= 4 is 26.5 Å². The second-order valence-corrected chi connectivity index (χ2v) is 7.28. The van der Waals surface area contributed by atoms with E-state index in [1.54, 1.807) is 26.2 Å². The number of thiazole rings is 1. The van der Waals surface area contributed by atoms with Gasteiger partial charge in [0.25, 0.3) is 10.0 Å². The first kappa shape index (κ1) is 14.8. The lowest BCUT2D eigenvalue weighted by molar-refractivity contribution is 0.411. The fourth-order valence-corrected chi connectivity index (χ4v) is 3.84. The molecule has 1 heterocycles. The molecule has 0 aliphatic carbocycles. The Bertz CT molecular complexity index is 717.